The third-order valence-corrected chi connectivity index (χ3v) is 4.13. The lowest BCUT2D eigenvalue weighted by Gasteiger charge is -2.13. The van der Waals surface area contributed by atoms with Crippen LogP contribution in [0.1, 0.15) is 34.9 Å². The first-order valence-corrected chi connectivity index (χ1v) is 6.89. The summed E-state index contributed by atoms with van der Waals surface area (Å²) in [5.74, 6) is -0.974. The minimum absolute atomic E-state index is 0.152. The molecule has 1 nitrogen and oxygen atoms in total. The van der Waals surface area contributed by atoms with Gasteiger partial charge in [-0.15, -0.1) is 0 Å². The highest BCUT2D eigenvalue weighted by molar-refractivity contribution is 5.45. The summed E-state index contributed by atoms with van der Waals surface area (Å²) >= 11 is 0. The Morgan fingerprint density at radius 1 is 1.05 bits per heavy atom. The Labute approximate surface area is 117 Å². The lowest BCUT2D eigenvalue weighted by atomic mass is 9.92. The van der Waals surface area contributed by atoms with E-state index in [0.717, 1.165) is 18.5 Å². The Morgan fingerprint density at radius 3 is 2.50 bits per heavy atom. The number of fused-ring (bicyclic) bond motifs is 1. The van der Waals surface area contributed by atoms with E-state index >= 15 is 0 Å². The smallest absolute Gasteiger partial charge is 0.159 e. The number of hydrogen-bond acceptors (Lipinski definition) is 1. The average Bonchev–Trinajstić information content (AvgIpc) is 2.82. The van der Waals surface area contributed by atoms with Crippen molar-refractivity contribution in [1.82, 2.24) is 5.32 Å². The van der Waals surface area contributed by atoms with Gasteiger partial charge in [0.1, 0.15) is 0 Å². The van der Waals surface area contributed by atoms with Crippen molar-refractivity contribution in [3.05, 3.63) is 70.8 Å². The summed E-state index contributed by atoms with van der Waals surface area (Å²) in [4.78, 5) is 0. The number of halogens is 2. The van der Waals surface area contributed by atoms with Crippen LogP contribution in [-0.4, -0.2) is 13.6 Å². The molecule has 0 radical (unpaired) electrons. The van der Waals surface area contributed by atoms with E-state index in [9.17, 15) is 8.78 Å². The van der Waals surface area contributed by atoms with Gasteiger partial charge in [0.2, 0.25) is 0 Å². The molecular weight excluding hydrogens is 256 g/mol. The lowest BCUT2D eigenvalue weighted by molar-refractivity contribution is 0.505. The van der Waals surface area contributed by atoms with Crippen LogP contribution in [-0.2, 0) is 0 Å². The van der Waals surface area contributed by atoms with E-state index in [0.29, 0.717) is 5.92 Å². The molecule has 3 rings (SSSR count). The average molecular weight is 273 g/mol. The van der Waals surface area contributed by atoms with Crippen molar-refractivity contribution < 1.29 is 8.78 Å². The summed E-state index contributed by atoms with van der Waals surface area (Å²) in [5, 5.41) is 3.21. The molecule has 0 fully saturated rings. The molecular formula is C17H17F2N. The topological polar surface area (TPSA) is 12.0 Å². The van der Waals surface area contributed by atoms with Crippen LogP contribution in [0.15, 0.2) is 42.5 Å². The van der Waals surface area contributed by atoms with Crippen LogP contribution in [0.5, 0.6) is 0 Å². The maximum Gasteiger partial charge on any atom is 0.159 e. The van der Waals surface area contributed by atoms with Crippen molar-refractivity contribution in [1.29, 1.82) is 0 Å². The Kier molecular flexibility index (Phi) is 3.53. The second-order valence-corrected chi connectivity index (χ2v) is 5.35. The Morgan fingerprint density at radius 2 is 1.80 bits per heavy atom. The molecule has 20 heavy (non-hydrogen) atoms. The Hall–Kier alpha value is -1.74. The minimum atomic E-state index is -0.785. The van der Waals surface area contributed by atoms with E-state index in [1.807, 2.05) is 19.2 Å². The number of benzene rings is 2. The van der Waals surface area contributed by atoms with Crippen LogP contribution in [0.2, 0.25) is 0 Å². The van der Waals surface area contributed by atoms with E-state index in [4.69, 9.17) is 0 Å². The first kappa shape index (κ1) is 13.3. The predicted octanol–water partition coefficient (Wildman–Crippen LogP) is 3.80. The van der Waals surface area contributed by atoms with Gasteiger partial charge in [-0.25, -0.2) is 8.78 Å². The SMILES string of the molecule is CNC[C@@H]1C[C@@H](c2ccc(F)c(F)c2)c2ccccc21. The third kappa shape index (κ3) is 2.22. The maximum atomic E-state index is 13.5. The van der Waals surface area contributed by atoms with Gasteiger partial charge in [0, 0.05) is 12.5 Å². The Balaban J connectivity index is 2.01. The van der Waals surface area contributed by atoms with Crippen LogP contribution < -0.4 is 5.32 Å². The minimum Gasteiger partial charge on any atom is -0.319 e. The first-order valence-electron chi connectivity index (χ1n) is 6.89. The highest BCUT2D eigenvalue weighted by Gasteiger charge is 2.31. The van der Waals surface area contributed by atoms with E-state index < -0.39 is 11.6 Å². The number of hydrogen-bond donors (Lipinski definition) is 1. The fourth-order valence-electron chi connectivity index (χ4n) is 3.22. The molecule has 0 aromatic heterocycles. The van der Waals surface area contributed by atoms with Gasteiger partial charge >= 0.3 is 0 Å². The van der Waals surface area contributed by atoms with Gasteiger partial charge in [0.15, 0.2) is 11.6 Å². The first-order chi connectivity index (χ1) is 9.70. The summed E-state index contributed by atoms with van der Waals surface area (Å²) in [7, 11) is 1.94. The van der Waals surface area contributed by atoms with Crippen LogP contribution in [0.4, 0.5) is 8.78 Å². The quantitative estimate of drug-likeness (QED) is 0.897. The van der Waals surface area contributed by atoms with Crippen LogP contribution >= 0.6 is 0 Å². The van der Waals surface area contributed by atoms with Gasteiger partial charge in [0.05, 0.1) is 0 Å². The van der Waals surface area contributed by atoms with Crippen molar-refractivity contribution in [2.45, 2.75) is 18.3 Å². The molecule has 0 bridgehead atoms. The van der Waals surface area contributed by atoms with Crippen molar-refractivity contribution in [2.24, 2.45) is 0 Å². The molecule has 3 heteroatoms. The van der Waals surface area contributed by atoms with Gasteiger partial charge in [-0.1, -0.05) is 30.3 Å². The molecule has 1 aliphatic carbocycles. The molecule has 0 spiro atoms. The molecule has 1 aliphatic rings. The summed E-state index contributed by atoms with van der Waals surface area (Å²) in [5.41, 5.74) is 3.41. The third-order valence-electron chi connectivity index (χ3n) is 4.13. The van der Waals surface area contributed by atoms with E-state index in [1.165, 1.54) is 23.3 Å². The standard InChI is InChI=1S/C17H17F2N/c1-20-10-12-8-15(14-5-3-2-4-13(12)14)11-6-7-16(18)17(19)9-11/h2-7,9,12,15,20H,8,10H2,1H3/t12-,15-/m0/s1. The van der Waals surface area contributed by atoms with Crippen molar-refractivity contribution in [3.8, 4) is 0 Å². The second kappa shape index (κ2) is 5.33. The molecule has 1 N–H and O–H groups in total. The number of nitrogens with one attached hydrogen (secondary N) is 1. The molecule has 0 saturated heterocycles. The highest BCUT2D eigenvalue weighted by Crippen LogP contribution is 2.44. The summed E-state index contributed by atoms with van der Waals surface area (Å²) in [6, 6.07) is 12.5. The molecule has 0 amide bonds. The normalized spacial score (nSPS) is 20.9. The monoisotopic (exact) mass is 273 g/mol. The van der Waals surface area contributed by atoms with Gasteiger partial charge in [-0.2, -0.15) is 0 Å². The Bertz CT molecular complexity index is 624. The van der Waals surface area contributed by atoms with Gasteiger partial charge in [0.25, 0.3) is 0 Å². The lowest BCUT2D eigenvalue weighted by Crippen LogP contribution is -2.15. The fraction of sp³-hybridized carbons (Fsp3) is 0.294. The van der Waals surface area contributed by atoms with Crippen LogP contribution in [0.25, 0.3) is 0 Å². The molecule has 2 aromatic carbocycles. The maximum absolute atomic E-state index is 13.5. The second-order valence-electron chi connectivity index (χ2n) is 5.35. The van der Waals surface area contributed by atoms with E-state index in [-0.39, 0.29) is 5.92 Å². The van der Waals surface area contributed by atoms with Gasteiger partial charge in [-0.3, -0.25) is 0 Å². The molecule has 0 unspecified atom stereocenters. The molecule has 0 heterocycles. The van der Waals surface area contributed by atoms with Crippen molar-refractivity contribution in [2.75, 3.05) is 13.6 Å². The fourth-order valence-corrected chi connectivity index (χ4v) is 3.22. The largest absolute Gasteiger partial charge is 0.319 e. The zero-order chi connectivity index (χ0) is 14.1. The van der Waals surface area contributed by atoms with Crippen molar-refractivity contribution >= 4 is 0 Å². The van der Waals surface area contributed by atoms with E-state index in [1.54, 1.807) is 6.07 Å². The molecule has 0 saturated carbocycles. The predicted molar refractivity (Wildman–Crippen MR) is 75.9 cm³/mol. The van der Waals surface area contributed by atoms with Crippen LogP contribution in [0.3, 0.4) is 0 Å². The zero-order valence-corrected chi connectivity index (χ0v) is 11.4. The molecule has 2 aromatic rings. The zero-order valence-electron chi connectivity index (χ0n) is 11.4. The number of likely N-dealkylation sites (N-methyl/N-ethyl adjacent to an activating group) is 1. The van der Waals surface area contributed by atoms with Crippen molar-refractivity contribution in [3.63, 3.8) is 0 Å². The summed E-state index contributed by atoms with van der Waals surface area (Å²) < 4.78 is 26.6. The summed E-state index contributed by atoms with van der Waals surface area (Å²) in [6.07, 6.45) is 0.936. The van der Waals surface area contributed by atoms with E-state index in [2.05, 4.69) is 17.4 Å². The number of rotatable bonds is 3. The van der Waals surface area contributed by atoms with Crippen LogP contribution in [0, 0.1) is 11.6 Å². The summed E-state index contributed by atoms with van der Waals surface area (Å²) in [6.45, 7) is 0.900. The van der Waals surface area contributed by atoms with Gasteiger partial charge < -0.3 is 5.32 Å². The molecule has 104 valence electrons. The highest BCUT2D eigenvalue weighted by atomic mass is 19.2. The molecule has 2 atom stereocenters. The molecule has 0 aliphatic heterocycles. The van der Waals surface area contributed by atoms with Gasteiger partial charge in [-0.05, 0) is 48.2 Å².